The van der Waals surface area contributed by atoms with Crippen LogP contribution < -0.4 is 10.1 Å². The highest BCUT2D eigenvalue weighted by atomic mass is 35.5. The maximum atomic E-state index is 13.8. The predicted molar refractivity (Wildman–Crippen MR) is 127 cm³/mol. The summed E-state index contributed by atoms with van der Waals surface area (Å²) < 4.78 is 5.98. The molecule has 0 spiro atoms. The van der Waals surface area contributed by atoms with Gasteiger partial charge in [-0.25, -0.2) is 0 Å². The quantitative estimate of drug-likeness (QED) is 0.540. The van der Waals surface area contributed by atoms with Crippen LogP contribution in [0.1, 0.15) is 30.0 Å². The molecule has 1 aliphatic heterocycles. The van der Waals surface area contributed by atoms with Gasteiger partial charge in [0, 0.05) is 23.3 Å². The number of hydrogen-bond acceptors (Lipinski definition) is 4. The second kappa shape index (κ2) is 11.1. The third-order valence-electron chi connectivity index (χ3n) is 5.83. The standard InChI is InChI=1S/C26H28ClN3O2/c27-23-8-6-20(7-9-23)25(21-10-14-28-15-11-21)30(26(31)22-12-16-29-17-13-22)18-19-32-24-4-2-1-3-5-24/h1-11,14-15,22,25,29H,12-13,16-19H2. The summed E-state index contributed by atoms with van der Waals surface area (Å²) in [5.74, 6) is 0.971. The van der Waals surface area contributed by atoms with Gasteiger partial charge in [0.25, 0.3) is 0 Å². The molecule has 3 aromatic rings. The first-order valence-corrected chi connectivity index (χ1v) is 11.4. The van der Waals surface area contributed by atoms with Gasteiger partial charge >= 0.3 is 0 Å². The van der Waals surface area contributed by atoms with Gasteiger partial charge in [-0.15, -0.1) is 0 Å². The molecule has 166 valence electrons. The van der Waals surface area contributed by atoms with Gasteiger partial charge in [0.15, 0.2) is 0 Å². The van der Waals surface area contributed by atoms with E-state index in [-0.39, 0.29) is 17.9 Å². The van der Waals surface area contributed by atoms with Crippen molar-refractivity contribution in [3.05, 3.63) is 95.3 Å². The predicted octanol–water partition coefficient (Wildman–Crippen LogP) is 4.73. The number of piperidine rings is 1. The van der Waals surface area contributed by atoms with E-state index in [4.69, 9.17) is 16.3 Å². The van der Waals surface area contributed by atoms with E-state index in [1.165, 1.54) is 0 Å². The molecular formula is C26H28ClN3O2. The Kier molecular flexibility index (Phi) is 7.75. The van der Waals surface area contributed by atoms with Crippen LogP contribution in [0.2, 0.25) is 5.02 Å². The van der Waals surface area contributed by atoms with Crippen LogP contribution in [0.3, 0.4) is 0 Å². The first-order chi connectivity index (χ1) is 15.7. The van der Waals surface area contributed by atoms with Crippen LogP contribution >= 0.6 is 11.6 Å². The van der Waals surface area contributed by atoms with E-state index in [2.05, 4.69) is 10.3 Å². The number of pyridine rings is 1. The molecule has 0 saturated carbocycles. The molecule has 1 fully saturated rings. The monoisotopic (exact) mass is 449 g/mol. The lowest BCUT2D eigenvalue weighted by Gasteiger charge is -2.36. The molecule has 6 heteroatoms. The van der Waals surface area contributed by atoms with Crippen molar-refractivity contribution in [1.29, 1.82) is 0 Å². The summed E-state index contributed by atoms with van der Waals surface area (Å²) in [4.78, 5) is 19.9. The second-order valence-corrected chi connectivity index (χ2v) is 8.39. The van der Waals surface area contributed by atoms with E-state index in [9.17, 15) is 4.79 Å². The number of hydrogen-bond donors (Lipinski definition) is 1. The van der Waals surface area contributed by atoms with Crippen molar-refractivity contribution in [2.24, 2.45) is 5.92 Å². The smallest absolute Gasteiger partial charge is 0.226 e. The number of aromatic nitrogens is 1. The largest absolute Gasteiger partial charge is 0.492 e. The summed E-state index contributed by atoms with van der Waals surface area (Å²) in [5, 5.41) is 4.03. The highest BCUT2D eigenvalue weighted by molar-refractivity contribution is 6.30. The van der Waals surface area contributed by atoms with Crippen molar-refractivity contribution in [2.75, 3.05) is 26.2 Å². The summed E-state index contributed by atoms with van der Waals surface area (Å²) in [5.41, 5.74) is 2.03. The van der Waals surface area contributed by atoms with Crippen LogP contribution in [0.4, 0.5) is 0 Å². The van der Waals surface area contributed by atoms with E-state index < -0.39 is 0 Å². The fourth-order valence-electron chi connectivity index (χ4n) is 4.19. The van der Waals surface area contributed by atoms with E-state index in [0.29, 0.717) is 18.2 Å². The average Bonchev–Trinajstić information content (AvgIpc) is 2.86. The molecule has 1 atom stereocenters. The number of amides is 1. The Morgan fingerprint density at radius 3 is 2.34 bits per heavy atom. The number of benzene rings is 2. The van der Waals surface area contributed by atoms with E-state index >= 15 is 0 Å². The van der Waals surface area contributed by atoms with Crippen LogP contribution in [0, 0.1) is 5.92 Å². The minimum absolute atomic E-state index is 0.00427. The zero-order chi connectivity index (χ0) is 22.2. The normalized spacial score (nSPS) is 15.2. The number of rotatable bonds is 8. The molecule has 1 unspecified atom stereocenters. The number of ether oxygens (including phenoxy) is 1. The number of carbonyl (C=O) groups excluding carboxylic acids is 1. The lowest BCUT2D eigenvalue weighted by molar-refractivity contribution is -0.138. The molecular weight excluding hydrogens is 422 g/mol. The maximum absolute atomic E-state index is 13.8. The van der Waals surface area contributed by atoms with E-state index in [1.54, 1.807) is 12.4 Å². The van der Waals surface area contributed by atoms with Gasteiger partial charge in [0.05, 0.1) is 12.6 Å². The number of para-hydroxylation sites is 1. The van der Waals surface area contributed by atoms with Gasteiger partial charge in [-0.1, -0.05) is 41.9 Å². The van der Waals surface area contributed by atoms with Crippen molar-refractivity contribution < 1.29 is 9.53 Å². The van der Waals surface area contributed by atoms with Gasteiger partial charge < -0.3 is 15.0 Å². The molecule has 0 aliphatic carbocycles. The molecule has 1 amide bonds. The highest BCUT2D eigenvalue weighted by Crippen LogP contribution is 2.32. The summed E-state index contributed by atoms with van der Waals surface area (Å²) in [6, 6.07) is 21.1. The fraction of sp³-hybridized carbons (Fsp3) is 0.308. The van der Waals surface area contributed by atoms with Crippen LogP contribution in [0.25, 0.3) is 0 Å². The highest BCUT2D eigenvalue weighted by Gasteiger charge is 2.32. The minimum Gasteiger partial charge on any atom is -0.492 e. The Morgan fingerprint density at radius 2 is 1.66 bits per heavy atom. The van der Waals surface area contributed by atoms with Crippen molar-refractivity contribution in [3.63, 3.8) is 0 Å². The Morgan fingerprint density at radius 1 is 1.00 bits per heavy atom. The SMILES string of the molecule is O=C(C1CCNCC1)N(CCOc1ccccc1)C(c1ccncc1)c1ccc(Cl)cc1. The summed E-state index contributed by atoms with van der Waals surface area (Å²) in [6.45, 7) is 2.63. The van der Waals surface area contributed by atoms with Gasteiger partial charge in [0.2, 0.25) is 5.91 Å². The number of carbonyl (C=O) groups is 1. The minimum atomic E-state index is -0.239. The Hall–Kier alpha value is -2.89. The molecule has 4 rings (SSSR count). The summed E-state index contributed by atoms with van der Waals surface area (Å²) in [6.07, 6.45) is 5.23. The maximum Gasteiger partial charge on any atom is 0.226 e. The Bertz CT molecular complexity index is 977. The van der Waals surface area contributed by atoms with Crippen LogP contribution in [-0.2, 0) is 4.79 Å². The lowest BCUT2D eigenvalue weighted by atomic mass is 9.92. The molecule has 1 saturated heterocycles. The average molecular weight is 450 g/mol. The number of nitrogens with zero attached hydrogens (tertiary/aromatic N) is 2. The summed E-state index contributed by atoms with van der Waals surface area (Å²) in [7, 11) is 0. The molecule has 1 aliphatic rings. The third kappa shape index (κ3) is 5.67. The molecule has 5 nitrogen and oxygen atoms in total. The van der Waals surface area contributed by atoms with E-state index in [0.717, 1.165) is 42.8 Å². The molecule has 0 radical (unpaired) electrons. The zero-order valence-electron chi connectivity index (χ0n) is 18.0. The van der Waals surface area contributed by atoms with Crippen molar-refractivity contribution in [3.8, 4) is 5.75 Å². The van der Waals surface area contributed by atoms with Gasteiger partial charge in [0.1, 0.15) is 12.4 Å². The third-order valence-corrected chi connectivity index (χ3v) is 6.09. The van der Waals surface area contributed by atoms with Crippen LogP contribution in [0.15, 0.2) is 79.1 Å². The summed E-state index contributed by atoms with van der Waals surface area (Å²) >= 11 is 6.16. The topological polar surface area (TPSA) is 54.5 Å². The number of nitrogens with one attached hydrogen (secondary N) is 1. The molecule has 1 N–H and O–H groups in total. The van der Waals surface area contributed by atoms with Crippen LogP contribution in [0.5, 0.6) is 5.75 Å². The van der Waals surface area contributed by atoms with Crippen LogP contribution in [-0.4, -0.2) is 42.0 Å². The van der Waals surface area contributed by atoms with E-state index in [1.807, 2.05) is 71.6 Å². The Labute approximate surface area is 194 Å². The Balaban J connectivity index is 1.64. The van der Waals surface area contributed by atoms with Gasteiger partial charge in [-0.2, -0.15) is 0 Å². The molecule has 2 aromatic carbocycles. The van der Waals surface area contributed by atoms with Crippen molar-refractivity contribution >= 4 is 17.5 Å². The van der Waals surface area contributed by atoms with Crippen molar-refractivity contribution in [1.82, 2.24) is 15.2 Å². The lowest BCUT2D eigenvalue weighted by Crippen LogP contribution is -2.44. The van der Waals surface area contributed by atoms with Crippen molar-refractivity contribution in [2.45, 2.75) is 18.9 Å². The molecule has 2 heterocycles. The first kappa shape index (κ1) is 22.3. The fourth-order valence-corrected chi connectivity index (χ4v) is 4.32. The molecule has 32 heavy (non-hydrogen) atoms. The van der Waals surface area contributed by atoms with Gasteiger partial charge in [-0.3, -0.25) is 9.78 Å². The second-order valence-electron chi connectivity index (χ2n) is 7.95. The number of halogens is 1. The molecule has 0 bridgehead atoms. The zero-order valence-corrected chi connectivity index (χ0v) is 18.7. The van der Waals surface area contributed by atoms with Gasteiger partial charge in [-0.05, 0) is 73.5 Å². The molecule has 1 aromatic heterocycles. The first-order valence-electron chi connectivity index (χ1n) is 11.1.